The number of ketones is 1. The number of hydrogen-bond donors (Lipinski definition) is 0. The van der Waals surface area contributed by atoms with Crippen LogP contribution in [0.25, 0.3) is 0 Å². The Kier molecular flexibility index (Phi) is 8.83. The average molecular weight is 400 g/mol. The van der Waals surface area contributed by atoms with Crippen molar-refractivity contribution in [3.63, 3.8) is 0 Å². The number of amidine groups is 1. The van der Waals surface area contributed by atoms with Crippen molar-refractivity contribution in [2.75, 3.05) is 70.5 Å². The van der Waals surface area contributed by atoms with E-state index in [9.17, 15) is 4.79 Å². The number of benzene rings is 1. The standard InChI is InChI=1S/C23H37N5O/c1-24(2)17-20(23(27(7)8)28(9)10)19(22(25(3)4)26(5)6)16-21(29)18-14-12-11-13-15-18/h11-17H,1-10H3/q+2/b19-16+. The van der Waals surface area contributed by atoms with Gasteiger partial charge < -0.3 is 9.80 Å². The molecule has 0 aliphatic heterocycles. The van der Waals surface area contributed by atoms with E-state index in [0.29, 0.717) is 5.56 Å². The van der Waals surface area contributed by atoms with Gasteiger partial charge in [-0.2, -0.15) is 0 Å². The lowest BCUT2D eigenvalue weighted by Crippen LogP contribution is -2.36. The van der Waals surface area contributed by atoms with E-state index in [2.05, 4.69) is 16.0 Å². The highest BCUT2D eigenvalue weighted by molar-refractivity contribution is 6.14. The predicted molar refractivity (Wildman–Crippen MR) is 122 cm³/mol. The van der Waals surface area contributed by atoms with E-state index in [-0.39, 0.29) is 5.78 Å². The highest BCUT2D eigenvalue weighted by atomic mass is 16.1. The lowest BCUT2D eigenvalue weighted by molar-refractivity contribution is -0.469. The molecule has 0 bridgehead atoms. The summed E-state index contributed by atoms with van der Waals surface area (Å²) in [7, 11) is 20.0. The number of nitrogens with zero attached hydrogens (tertiary/aromatic N) is 5. The van der Waals surface area contributed by atoms with Gasteiger partial charge in [-0.15, -0.1) is 0 Å². The van der Waals surface area contributed by atoms with Crippen molar-refractivity contribution in [3.8, 4) is 0 Å². The molecule has 0 aliphatic carbocycles. The first kappa shape index (κ1) is 24.1. The Balaban J connectivity index is 3.97. The summed E-state index contributed by atoms with van der Waals surface area (Å²) in [6.45, 7) is 0. The molecule has 1 aromatic rings. The fourth-order valence-electron chi connectivity index (χ4n) is 3.35. The third-order valence-corrected chi connectivity index (χ3v) is 4.19. The quantitative estimate of drug-likeness (QED) is 0.175. The van der Waals surface area contributed by atoms with Gasteiger partial charge >= 0.3 is 0 Å². The van der Waals surface area contributed by atoms with E-state index in [1.54, 1.807) is 6.08 Å². The Morgan fingerprint density at radius 3 is 1.72 bits per heavy atom. The van der Waals surface area contributed by atoms with E-state index in [4.69, 9.17) is 0 Å². The minimum Gasteiger partial charge on any atom is -0.364 e. The molecular weight excluding hydrogens is 362 g/mol. The Morgan fingerprint density at radius 2 is 1.34 bits per heavy atom. The Morgan fingerprint density at radius 1 is 0.828 bits per heavy atom. The van der Waals surface area contributed by atoms with Crippen LogP contribution >= 0.6 is 0 Å². The highest BCUT2D eigenvalue weighted by Crippen LogP contribution is 2.20. The lowest BCUT2D eigenvalue weighted by atomic mass is 9.99. The van der Waals surface area contributed by atoms with Crippen LogP contribution in [0.5, 0.6) is 0 Å². The summed E-state index contributed by atoms with van der Waals surface area (Å²) in [5, 5.41) is 0. The van der Waals surface area contributed by atoms with Gasteiger partial charge in [0.05, 0.1) is 39.3 Å². The maximum atomic E-state index is 13.2. The molecule has 158 valence electrons. The fourth-order valence-corrected chi connectivity index (χ4v) is 3.35. The molecule has 0 fully saturated rings. The van der Waals surface area contributed by atoms with Crippen LogP contribution in [0, 0.1) is 0 Å². The van der Waals surface area contributed by atoms with Crippen LogP contribution in [-0.4, -0.2) is 112 Å². The third-order valence-electron chi connectivity index (χ3n) is 4.19. The number of allylic oxidation sites excluding steroid dienone is 1. The monoisotopic (exact) mass is 399 g/mol. The summed E-state index contributed by atoms with van der Waals surface area (Å²) in [4.78, 5) is 19.3. The van der Waals surface area contributed by atoms with E-state index >= 15 is 0 Å². The lowest BCUT2D eigenvalue weighted by Gasteiger charge is -2.27. The van der Waals surface area contributed by atoms with Crippen molar-refractivity contribution in [1.82, 2.24) is 14.7 Å². The zero-order valence-electron chi connectivity index (χ0n) is 19.7. The fraction of sp³-hybridized carbons (Fsp3) is 0.435. The second-order valence-corrected chi connectivity index (χ2v) is 8.02. The molecule has 1 aromatic carbocycles. The van der Waals surface area contributed by atoms with Gasteiger partial charge in [-0.05, 0) is 0 Å². The molecule has 0 spiro atoms. The van der Waals surface area contributed by atoms with Crippen LogP contribution in [0.1, 0.15) is 10.4 Å². The molecule has 0 amide bonds. The number of hydrogen-bond acceptors (Lipinski definition) is 3. The number of likely N-dealkylation sites (N-methyl/N-ethyl adjacent to an activating group) is 1. The van der Waals surface area contributed by atoms with Crippen molar-refractivity contribution in [2.24, 2.45) is 0 Å². The third kappa shape index (κ3) is 6.59. The van der Waals surface area contributed by atoms with Gasteiger partial charge in [0.2, 0.25) is 0 Å². The van der Waals surface area contributed by atoms with Gasteiger partial charge in [0.1, 0.15) is 19.9 Å². The maximum Gasteiger partial charge on any atom is 0.279 e. The van der Waals surface area contributed by atoms with Gasteiger partial charge in [0, 0.05) is 39.8 Å². The molecule has 0 N–H and O–H groups in total. The summed E-state index contributed by atoms with van der Waals surface area (Å²) >= 11 is 0. The summed E-state index contributed by atoms with van der Waals surface area (Å²) < 4.78 is 4.04. The minimum atomic E-state index is -0.0247. The van der Waals surface area contributed by atoms with Gasteiger partial charge in [-0.25, -0.2) is 4.58 Å². The molecule has 0 heterocycles. The van der Waals surface area contributed by atoms with Crippen molar-refractivity contribution in [2.45, 2.75) is 0 Å². The molecule has 0 aromatic heterocycles. The number of carbonyl (C=O) groups is 1. The van der Waals surface area contributed by atoms with E-state index in [0.717, 1.165) is 22.8 Å². The van der Waals surface area contributed by atoms with Crippen LogP contribution in [-0.2, 0) is 0 Å². The smallest absolute Gasteiger partial charge is 0.279 e. The Hall–Kier alpha value is -2.89. The molecule has 0 unspecified atom stereocenters. The zero-order valence-corrected chi connectivity index (χ0v) is 19.7. The Labute approximate surface area is 176 Å². The average Bonchev–Trinajstić information content (AvgIpc) is 2.59. The molecule has 0 aliphatic rings. The summed E-state index contributed by atoms with van der Waals surface area (Å²) in [6, 6.07) is 9.38. The first-order valence-corrected chi connectivity index (χ1v) is 9.61. The van der Waals surface area contributed by atoms with Gasteiger partial charge in [-0.3, -0.25) is 14.3 Å². The summed E-state index contributed by atoms with van der Waals surface area (Å²) in [5.41, 5.74) is 2.49. The topological polar surface area (TPSA) is 32.8 Å². The van der Waals surface area contributed by atoms with Gasteiger partial charge in [-0.1, -0.05) is 30.3 Å². The highest BCUT2D eigenvalue weighted by Gasteiger charge is 2.28. The molecule has 1 rings (SSSR count). The number of rotatable bonds is 7. The minimum absolute atomic E-state index is 0.0247. The molecule has 0 saturated carbocycles. The molecule has 0 radical (unpaired) electrons. The molecular formula is C23H37N5O+2. The molecule has 29 heavy (non-hydrogen) atoms. The first-order chi connectivity index (χ1) is 13.5. The summed E-state index contributed by atoms with van der Waals surface area (Å²) in [6.07, 6.45) is 3.80. The van der Waals surface area contributed by atoms with Crippen LogP contribution in [0.4, 0.5) is 0 Å². The largest absolute Gasteiger partial charge is 0.364 e. The van der Waals surface area contributed by atoms with Crippen LogP contribution in [0.15, 0.2) is 53.4 Å². The van der Waals surface area contributed by atoms with Crippen LogP contribution < -0.4 is 0 Å². The van der Waals surface area contributed by atoms with Crippen molar-refractivity contribution < 1.29 is 13.9 Å². The van der Waals surface area contributed by atoms with Crippen LogP contribution in [0.2, 0.25) is 0 Å². The second-order valence-electron chi connectivity index (χ2n) is 8.02. The van der Waals surface area contributed by atoms with Gasteiger partial charge in [0.15, 0.2) is 12.0 Å². The molecule has 0 atom stereocenters. The zero-order chi connectivity index (χ0) is 22.3. The van der Waals surface area contributed by atoms with E-state index in [1.807, 2.05) is 115 Å². The van der Waals surface area contributed by atoms with E-state index in [1.165, 1.54) is 0 Å². The van der Waals surface area contributed by atoms with Crippen LogP contribution in [0.3, 0.4) is 0 Å². The molecule has 6 heteroatoms. The van der Waals surface area contributed by atoms with E-state index < -0.39 is 0 Å². The Bertz CT molecular complexity index is 825. The van der Waals surface area contributed by atoms with Crippen molar-refractivity contribution >= 4 is 17.8 Å². The maximum absolute atomic E-state index is 13.2. The SMILES string of the molecule is CN(C)C(=C(C=[N+](C)C)/C(=C\C(=O)c1ccccc1)C(N(C)C)=[N+](C)C)N(C)C. The molecule has 0 saturated heterocycles. The van der Waals surface area contributed by atoms with Crippen molar-refractivity contribution in [3.05, 3.63) is 58.9 Å². The molecule has 6 nitrogen and oxygen atoms in total. The van der Waals surface area contributed by atoms with Crippen molar-refractivity contribution in [1.29, 1.82) is 0 Å². The van der Waals surface area contributed by atoms with Gasteiger partial charge in [0.25, 0.3) is 5.84 Å². The summed E-state index contributed by atoms with van der Waals surface area (Å²) in [5.74, 6) is 1.93. The second kappa shape index (κ2) is 10.6. The first-order valence-electron chi connectivity index (χ1n) is 9.61. The number of carbonyl (C=O) groups excluding carboxylic acids is 1. The predicted octanol–water partition coefficient (Wildman–Crippen LogP) is 1.71. The normalized spacial score (nSPS) is 10.8.